The summed E-state index contributed by atoms with van der Waals surface area (Å²) in [5.74, 6) is 1.52. The topological polar surface area (TPSA) is 34.9 Å². The molecule has 1 heterocycles. The monoisotopic (exact) mass is 472 g/mol. The standard InChI is InChI=1S/C30H36N2OS/c1-3-4-19-34-29-31-27-25-18-12-11-15-23(25)20-30(2,24-16-9-6-10-17-24)26(27)28(33)32(29)21-22-13-7-5-8-14-22/h5,7-8,11-15,18,24H,3-4,6,9-10,16-17,19-21H2,1-2H3/t30-/m1/s1. The van der Waals surface area contributed by atoms with Crippen LogP contribution in [0.5, 0.6) is 0 Å². The molecule has 0 saturated heterocycles. The van der Waals surface area contributed by atoms with Crippen molar-refractivity contribution in [2.75, 3.05) is 5.75 Å². The molecule has 0 amide bonds. The van der Waals surface area contributed by atoms with Gasteiger partial charge in [0, 0.05) is 16.7 Å². The van der Waals surface area contributed by atoms with Gasteiger partial charge < -0.3 is 0 Å². The summed E-state index contributed by atoms with van der Waals surface area (Å²) in [4.78, 5) is 19.7. The largest absolute Gasteiger partial charge is 0.283 e. The molecule has 2 aromatic carbocycles. The van der Waals surface area contributed by atoms with Gasteiger partial charge in [-0.05, 0) is 42.7 Å². The van der Waals surface area contributed by atoms with Gasteiger partial charge in [0.25, 0.3) is 5.56 Å². The molecule has 3 nitrogen and oxygen atoms in total. The minimum Gasteiger partial charge on any atom is -0.283 e. The molecule has 0 N–H and O–H groups in total. The summed E-state index contributed by atoms with van der Waals surface area (Å²) in [5.41, 5.74) is 5.58. The second-order valence-electron chi connectivity index (χ2n) is 10.3. The lowest BCUT2D eigenvalue weighted by molar-refractivity contribution is 0.212. The van der Waals surface area contributed by atoms with Gasteiger partial charge in [-0.15, -0.1) is 0 Å². The molecule has 34 heavy (non-hydrogen) atoms. The van der Waals surface area contributed by atoms with E-state index in [2.05, 4.69) is 62.4 Å². The van der Waals surface area contributed by atoms with Crippen molar-refractivity contribution in [2.45, 2.75) is 82.3 Å². The Labute approximate surface area is 208 Å². The molecule has 1 saturated carbocycles. The van der Waals surface area contributed by atoms with E-state index < -0.39 is 0 Å². The van der Waals surface area contributed by atoms with E-state index in [-0.39, 0.29) is 11.0 Å². The second-order valence-corrected chi connectivity index (χ2v) is 11.3. The maximum Gasteiger partial charge on any atom is 0.258 e. The molecule has 0 unspecified atom stereocenters. The van der Waals surface area contributed by atoms with Crippen molar-refractivity contribution < 1.29 is 0 Å². The van der Waals surface area contributed by atoms with E-state index in [0.717, 1.165) is 52.6 Å². The predicted octanol–water partition coefficient (Wildman–Crippen LogP) is 7.24. The lowest BCUT2D eigenvalue weighted by atomic mass is 9.60. The Morgan fingerprint density at radius 2 is 1.76 bits per heavy atom. The highest BCUT2D eigenvalue weighted by Gasteiger charge is 2.44. The minimum absolute atomic E-state index is 0.167. The maximum absolute atomic E-state index is 14.4. The van der Waals surface area contributed by atoms with E-state index in [1.54, 1.807) is 11.8 Å². The van der Waals surface area contributed by atoms with Gasteiger partial charge in [0.2, 0.25) is 0 Å². The van der Waals surface area contributed by atoms with Crippen LogP contribution in [-0.4, -0.2) is 15.3 Å². The third-order valence-corrected chi connectivity index (χ3v) is 9.02. The highest BCUT2D eigenvalue weighted by atomic mass is 32.2. The zero-order valence-electron chi connectivity index (χ0n) is 20.6. The van der Waals surface area contributed by atoms with Crippen molar-refractivity contribution in [3.05, 3.63) is 81.6 Å². The number of hydrogen-bond donors (Lipinski definition) is 0. The Hall–Kier alpha value is -2.33. The van der Waals surface area contributed by atoms with Crippen LogP contribution in [0.1, 0.15) is 75.5 Å². The normalized spacial score (nSPS) is 20.1. The molecule has 1 atom stereocenters. The quantitative estimate of drug-likeness (QED) is 0.206. The summed E-state index contributed by atoms with van der Waals surface area (Å²) in [6.07, 6.45) is 9.49. The second kappa shape index (κ2) is 10.1. The van der Waals surface area contributed by atoms with Crippen LogP contribution in [0.4, 0.5) is 0 Å². The molecular weight excluding hydrogens is 436 g/mol. The number of rotatable bonds is 7. The molecule has 178 valence electrons. The highest BCUT2D eigenvalue weighted by Crippen LogP contribution is 2.49. The Morgan fingerprint density at radius 3 is 2.53 bits per heavy atom. The van der Waals surface area contributed by atoms with E-state index in [1.165, 1.54) is 37.7 Å². The van der Waals surface area contributed by atoms with Crippen LogP contribution in [0.3, 0.4) is 0 Å². The van der Waals surface area contributed by atoms with E-state index >= 15 is 0 Å². The molecule has 2 aliphatic rings. The summed E-state index contributed by atoms with van der Waals surface area (Å²) >= 11 is 1.74. The Balaban J connectivity index is 1.71. The summed E-state index contributed by atoms with van der Waals surface area (Å²) < 4.78 is 1.98. The molecule has 0 aliphatic heterocycles. The fourth-order valence-corrected chi connectivity index (χ4v) is 7.12. The first-order valence-electron chi connectivity index (χ1n) is 13.0. The minimum atomic E-state index is -0.167. The molecule has 3 aromatic rings. The number of fused-ring (bicyclic) bond motifs is 3. The average Bonchev–Trinajstić information content (AvgIpc) is 2.87. The number of hydrogen-bond acceptors (Lipinski definition) is 3. The Kier molecular flexibility index (Phi) is 6.96. The van der Waals surface area contributed by atoms with Gasteiger partial charge in [-0.3, -0.25) is 9.36 Å². The first kappa shape index (κ1) is 23.4. The maximum atomic E-state index is 14.4. The predicted molar refractivity (Wildman–Crippen MR) is 143 cm³/mol. The average molecular weight is 473 g/mol. The summed E-state index contributed by atoms with van der Waals surface area (Å²) in [5, 5.41) is 0.865. The summed E-state index contributed by atoms with van der Waals surface area (Å²) in [6.45, 7) is 5.15. The van der Waals surface area contributed by atoms with Gasteiger partial charge in [0.1, 0.15) is 0 Å². The van der Waals surface area contributed by atoms with Crippen molar-refractivity contribution in [2.24, 2.45) is 5.92 Å². The first-order valence-corrected chi connectivity index (χ1v) is 14.0. The van der Waals surface area contributed by atoms with Crippen LogP contribution in [0.2, 0.25) is 0 Å². The van der Waals surface area contributed by atoms with E-state index in [0.29, 0.717) is 12.5 Å². The Morgan fingerprint density at radius 1 is 1.03 bits per heavy atom. The highest BCUT2D eigenvalue weighted by molar-refractivity contribution is 7.99. The molecular formula is C30H36N2OS. The van der Waals surface area contributed by atoms with Crippen LogP contribution >= 0.6 is 11.8 Å². The van der Waals surface area contributed by atoms with Crippen molar-refractivity contribution in [3.63, 3.8) is 0 Å². The van der Waals surface area contributed by atoms with Crippen LogP contribution in [0.15, 0.2) is 64.5 Å². The first-order chi connectivity index (χ1) is 16.6. The third kappa shape index (κ3) is 4.37. The van der Waals surface area contributed by atoms with Gasteiger partial charge in [-0.1, -0.05) is 106 Å². The third-order valence-electron chi connectivity index (χ3n) is 7.95. The molecule has 2 aliphatic carbocycles. The van der Waals surface area contributed by atoms with Crippen LogP contribution in [-0.2, 0) is 18.4 Å². The van der Waals surface area contributed by atoms with Gasteiger partial charge in [0.15, 0.2) is 5.16 Å². The lowest BCUT2D eigenvalue weighted by Gasteiger charge is -2.44. The van der Waals surface area contributed by atoms with Gasteiger partial charge >= 0.3 is 0 Å². The zero-order chi connectivity index (χ0) is 23.5. The van der Waals surface area contributed by atoms with Crippen LogP contribution < -0.4 is 5.56 Å². The molecule has 0 bridgehead atoms. The smallest absolute Gasteiger partial charge is 0.258 e. The van der Waals surface area contributed by atoms with E-state index in [4.69, 9.17) is 4.98 Å². The van der Waals surface area contributed by atoms with Gasteiger partial charge in [0.05, 0.1) is 17.8 Å². The number of unbranched alkanes of at least 4 members (excludes halogenated alkanes) is 1. The summed E-state index contributed by atoms with van der Waals surface area (Å²) in [6, 6.07) is 19.0. The van der Waals surface area contributed by atoms with E-state index in [1.807, 2.05) is 10.6 Å². The van der Waals surface area contributed by atoms with Gasteiger partial charge in [-0.2, -0.15) is 0 Å². The molecule has 1 aromatic heterocycles. The molecule has 1 fully saturated rings. The molecule has 0 radical (unpaired) electrons. The number of thioether (sulfide) groups is 1. The molecule has 5 rings (SSSR count). The Bertz CT molecular complexity index is 1200. The summed E-state index contributed by atoms with van der Waals surface area (Å²) in [7, 11) is 0. The van der Waals surface area contributed by atoms with Crippen molar-refractivity contribution >= 4 is 11.8 Å². The van der Waals surface area contributed by atoms with Crippen molar-refractivity contribution in [1.82, 2.24) is 9.55 Å². The van der Waals surface area contributed by atoms with Crippen LogP contribution in [0, 0.1) is 5.92 Å². The number of benzene rings is 2. The van der Waals surface area contributed by atoms with E-state index in [9.17, 15) is 4.79 Å². The van der Waals surface area contributed by atoms with Gasteiger partial charge in [-0.25, -0.2) is 4.98 Å². The fraction of sp³-hybridized carbons (Fsp3) is 0.467. The zero-order valence-corrected chi connectivity index (χ0v) is 21.4. The fourth-order valence-electron chi connectivity index (χ4n) is 6.05. The van der Waals surface area contributed by atoms with Crippen molar-refractivity contribution in [3.8, 4) is 11.3 Å². The SMILES string of the molecule is CCCCSc1nc2c(c(=O)n1Cc1ccccc1)[C@@](C)(C1CCCCC1)Cc1ccccc1-2. The molecule has 0 spiro atoms. The number of aromatic nitrogens is 2. The number of nitrogens with zero attached hydrogens (tertiary/aromatic N) is 2. The van der Waals surface area contributed by atoms with Crippen LogP contribution in [0.25, 0.3) is 11.3 Å². The molecule has 4 heteroatoms. The van der Waals surface area contributed by atoms with Crippen molar-refractivity contribution in [1.29, 1.82) is 0 Å². The lowest BCUT2D eigenvalue weighted by Crippen LogP contribution is -2.45.